The van der Waals surface area contributed by atoms with Crippen LogP contribution < -0.4 is 17.0 Å². The van der Waals surface area contributed by atoms with E-state index in [1.165, 1.54) is 7.11 Å². The van der Waals surface area contributed by atoms with Crippen LogP contribution in [0.5, 0.6) is 0 Å². The highest BCUT2D eigenvalue weighted by Crippen LogP contribution is 2.15. The van der Waals surface area contributed by atoms with Crippen molar-refractivity contribution in [1.29, 1.82) is 0 Å². The molecule has 0 spiro atoms. The van der Waals surface area contributed by atoms with E-state index in [1.807, 2.05) is 5.43 Å². The minimum Gasteiger partial charge on any atom is -0.484 e. The van der Waals surface area contributed by atoms with Crippen molar-refractivity contribution < 1.29 is 9.53 Å². The Kier molecular flexibility index (Phi) is 6.30. The van der Waals surface area contributed by atoms with Gasteiger partial charge in [0.15, 0.2) is 5.90 Å². The summed E-state index contributed by atoms with van der Waals surface area (Å²) >= 11 is 4.19. The number of methoxy groups -OCH3 is 1. The Hall–Kier alpha value is -0.790. The topological polar surface area (TPSA) is 103 Å². The maximum atomic E-state index is 11.4. The van der Waals surface area contributed by atoms with Crippen molar-refractivity contribution in [2.45, 2.75) is 25.3 Å². The molecule has 0 aromatic heterocycles. The van der Waals surface area contributed by atoms with Crippen molar-refractivity contribution >= 4 is 24.4 Å². The molecule has 3 unspecified atom stereocenters. The molecule has 0 aliphatic carbocycles. The van der Waals surface area contributed by atoms with E-state index in [-0.39, 0.29) is 0 Å². The summed E-state index contributed by atoms with van der Waals surface area (Å²) in [5.41, 5.74) is 7.70. The van der Waals surface area contributed by atoms with Crippen molar-refractivity contribution in [3.05, 3.63) is 0 Å². The minimum absolute atomic E-state index is 0.391. The molecule has 88 valence electrons. The third-order valence-electron chi connectivity index (χ3n) is 1.94. The molecule has 0 aromatic carbocycles. The molecule has 7 heteroatoms. The fourth-order valence-corrected chi connectivity index (χ4v) is 1.63. The first-order valence-electron chi connectivity index (χ1n) is 4.46. The lowest BCUT2D eigenvalue weighted by molar-refractivity contribution is -0.125. The van der Waals surface area contributed by atoms with E-state index in [2.05, 4.69) is 17.6 Å². The van der Waals surface area contributed by atoms with E-state index in [0.29, 0.717) is 5.90 Å². The third-order valence-corrected chi connectivity index (χ3v) is 2.38. The molecule has 0 aliphatic rings. The largest absolute Gasteiger partial charge is 0.484 e. The Bertz CT molecular complexity index is 245. The van der Waals surface area contributed by atoms with E-state index in [0.717, 1.165) is 0 Å². The van der Waals surface area contributed by atoms with Crippen LogP contribution in [0.4, 0.5) is 0 Å². The molecule has 0 bridgehead atoms. The molecule has 3 atom stereocenters. The SMILES string of the molecule is COC(C)=NC(S)C(C(=O)NN)C(C)N. The maximum absolute atomic E-state index is 11.4. The Morgan fingerprint density at radius 3 is 2.47 bits per heavy atom. The Morgan fingerprint density at radius 1 is 1.60 bits per heavy atom. The summed E-state index contributed by atoms with van der Waals surface area (Å²) in [7, 11) is 1.49. The molecule has 0 saturated heterocycles. The lowest BCUT2D eigenvalue weighted by Crippen LogP contribution is -2.47. The molecule has 1 amide bonds. The first-order valence-corrected chi connectivity index (χ1v) is 4.98. The van der Waals surface area contributed by atoms with E-state index >= 15 is 0 Å². The highest BCUT2D eigenvalue weighted by atomic mass is 32.1. The number of nitrogens with zero attached hydrogens (tertiary/aromatic N) is 1. The quantitative estimate of drug-likeness (QED) is 0.128. The third kappa shape index (κ3) is 4.50. The second-order valence-electron chi connectivity index (χ2n) is 3.16. The highest BCUT2D eigenvalue weighted by molar-refractivity contribution is 7.81. The number of hydrogen-bond acceptors (Lipinski definition) is 6. The van der Waals surface area contributed by atoms with E-state index in [9.17, 15) is 4.79 Å². The number of hydrogen-bond donors (Lipinski definition) is 4. The molecule has 5 N–H and O–H groups in total. The number of rotatable bonds is 4. The molecular weight excluding hydrogens is 216 g/mol. The van der Waals surface area contributed by atoms with Crippen LogP contribution in [0.15, 0.2) is 4.99 Å². The summed E-state index contributed by atoms with van der Waals surface area (Å²) in [4.78, 5) is 15.4. The number of amides is 1. The first-order chi connectivity index (χ1) is 6.93. The maximum Gasteiger partial charge on any atom is 0.241 e. The number of nitrogens with two attached hydrogens (primary N) is 2. The van der Waals surface area contributed by atoms with Crippen LogP contribution in [0.3, 0.4) is 0 Å². The van der Waals surface area contributed by atoms with Gasteiger partial charge in [0.25, 0.3) is 0 Å². The van der Waals surface area contributed by atoms with Gasteiger partial charge in [-0.3, -0.25) is 10.2 Å². The summed E-state index contributed by atoms with van der Waals surface area (Å²) < 4.78 is 4.86. The van der Waals surface area contributed by atoms with E-state index < -0.39 is 23.2 Å². The number of hydrazine groups is 1. The second-order valence-corrected chi connectivity index (χ2v) is 3.69. The average Bonchev–Trinajstić information content (AvgIpc) is 2.16. The fourth-order valence-electron chi connectivity index (χ4n) is 1.06. The van der Waals surface area contributed by atoms with Crippen LogP contribution >= 0.6 is 12.6 Å². The summed E-state index contributed by atoms with van der Waals surface area (Å²) in [5, 5.41) is -0.575. The van der Waals surface area contributed by atoms with Crippen molar-refractivity contribution in [2.24, 2.45) is 22.5 Å². The smallest absolute Gasteiger partial charge is 0.241 e. The van der Waals surface area contributed by atoms with Gasteiger partial charge in [0.05, 0.1) is 13.0 Å². The van der Waals surface area contributed by atoms with Gasteiger partial charge in [-0.2, -0.15) is 12.6 Å². The predicted molar refractivity (Wildman–Crippen MR) is 62.4 cm³/mol. The van der Waals surface area contributed by atoms with Crippen LogP contribution in [0.1, 0.15) is 13.8 Å². The van der Waals surface area contributed by atoms with Crippen molar-refractivity contribution in [1.82, 2.24) is 5.43 Å². The van der Waals surface area contributed by atoms with Gasteiger partial charge < -0.3 is 10.5 Å². The number of carbonyl (C=O) groups is 1. The summed E-state index contributed by atoms with van der Waals surface area (Å²) in [6.45, 7) is 3.36. The number of carbonyl (C=O) groups excluding carboxylic acids is 1. The van der Waals surface area contributed by atoms with Crippen molar-refractivity contribution in [3.63, 3.8) is 0 Å². The number of nitrogens with one attached hydrogen (secondary N) is 1. The van der Waals surface area contributed by atoms with Crippen LogP contribution in [0.2, 0.25) is 0 Å². The molecule has 0 rings (SSSR count). The van der Waals surface area contributed by atoms with Gasteiger partial charge in [0.2, 0.25) is 5.91 Å². The van der Waals surface area contributed by atoms with Gasteiger partial charge in [0, 0.05) is 13.0 Å². The highest BCUT2D eigenvalue weighted by Gasteiger charge is 2.28. The molecule has 0 fully saturated rings. The Morgan fingerprint density at radius 2 is 2.13 bits per heavy atom. The lowest BCUT2D eigenvalue weighted by Gasteiger charge is -2.22. The summed E-state index contributed by atoms with van der Waals surface area (Å²) in [6.07, 6.45) is 0. The molecular formula is C8H18N4O2S. The number of aliphatic imine (C=N–C) groups is 1. The van der Waals surface area contributed by atoms with Crippen molar-refractivity contribution in [2.75, 3.05) is 7.11 Å². The van der Waals surface area contributed by atoms with Crippen LogP contribution in [0, 0.1) is 5.92 Å². The molecule has 0 saturated carbocycles. The Labute approximate surface area is 94.8 Å². The molecule has 15 heavy (non-hydrogen) atoms. The first kappa shape index (κ1) is 14.2. The minimum atomic E-state index is -0.594. The lowest BCUT2D eigenvalue weighted by atomic mass is 10.0. The van der Waals surface area contributed by atoms with Gasteiger partial charge in [-0.25, -0.2) is 10.8 Å². The molecule has 0 heterocycles. The van der Waals surface area contributed by atoms with E-state index in [4.69, 9.17) is 16.3 Å². The molecule has 0 radical (unpaired) electrons. The summed E-state index contributed by atoms with van der Waals surface area (Å²) in [5.74, 6) is 4.49. The van der Waals surface area contributed by atoms with Gasteiger partial charge in [0.1, 0.15) is 5.37 Å². The molecule has 0 aliphatic heterocycles. The summed E-state index contributed by atoms with van der Waals surface area (Å²) in [6, 6.07) is -0.399. The van der Waals surface area contributed by atoms with Gasteiger partial charge >= 0.3 is 0 Å². The zero-order valence-corrected chi connectivity index (χ0v) is 9.99. The normalized spacial score (nSPS) is 17.9. The van der Waals surface area contributed by atoms with Crippen LogP contribution in [-0.4, -0.2) is 30.3 Å². The second kappa shape index (κ2) is 6.65. The zero-order chi connectivity index (χ0) is 12.0. The van der Waals surface area contributed by atoms with Crippen LogP contribution in [0.25, 0.3) is 0 Å². The molecule has 0 aromatic rings. The monoisotopic (exact) mass is 234 g/mol. The predicted octanol–water partition coefficient (Wildman–Crippen LogP) is -0.740. The van der Waals surface area contributed by atoms with Gasteiger partial charge in [-0.1, -0.05) is 0 Å². The van der Waals surface area contributed by atoms with Crippen molar-refractivity contribution in [3.8, 4) is 0 Å². The fraction of sp³-hybridized carbons (Fsp3) is 0.750. The zero-order valence-electron chi connectivity index (χ0n) is 9.10. The number of ether oxygens (including phenoxy) is 1. The van der Waals surface area contributed by atoms with E-state index in [1.54, 1.807) is 13.8 Å². The number of thiol groups is 1. The Balaban J connectivity index is 4.71. The van der Waals surface area contributed by atoms with Gasteiger partial charge in [-0.05, 0) is 6.92 Å². The average molecular weight is 234 g/mol. The molecule has 6 nitrogen and oxygen atoms in total. The standard InChI is InChI=1S/C8H18N4O2S/c1-4(9)6(7(13)12-10)8(15)11-5(2)14-3/h4,6,8,15H,9-10H2,1-3H3,(H,12,13). The van der Waals surface area contributed by atoms with Crippen LogP contribution in [-0.2, 0) is 9.53 Å². The van der Waals surface area contributed by atoms with Gasteiger partial charge in [-0.15, -0.1) is 0 Å².